The van der Waals surface area contributed by atoms with E-state index in [0.717, 1.165) is 12.3 Å². The van der Waals surface area contributed by atoms with E-state index in [0.29, 0.717) is 6.73 Å². The van der Waals surface area contributed by atoms with Crippen LogP contribution in [-0.2, 0) is 4.74 Å². The molecule has 3 nitrogen and oxygen atoms in total. The lowest BCUT2D eigenvalue weighted by molar-refractivity contribution is 0.113. The summed E-state index contributed by atoms with van der Waals surface area (Å²) in [5.74, 6) is 0.993. The van der Waals surface area contributed by atoms with Gasteiger partial charge in [-0.15, -0.1) is 0 Å². The smallest absolute Gasteiger partial charge is 0.124 e. The number of benzene rings is 1. The van der Waals surface area contributed by atoms with E-state index < -0.39 is 0 Å². The van der Waals surface area contributed by atoms with Crippen LogP contribution in [0.1, 0.15) is 28.4 Å². The van der Waals surface area contributed by atoms with Gasteiger partial charge in [0.05, 0.1) is 19.9 Å². The third kappa shape index (κ3) is 1.81. The van der Waals surface area contributed by atoms with Crippen molar-refractivity contribution in [3.63, 3.8) is 0 Å². The van der Waals surface area contributed by atoms with E-state index >= 15 is 0 Å². The molecule has 88 valence electrons. The highest BCUT2D eigenvalue weighted by atomic mass is 16.5. The third-order valence-corrected chi connectivity index (χ3v) is 3.33. The normalized spacial score (nSPS) is 20.1. The van der Waals surface area contributed by atoms with Gasteiger partial charge in [-0.3, -0.25) is 5.32 Å². The number of ether oxygens (including phenoxy) is 2. The Balaban J connectivity index is 2.46. The Hall–Kier alpha value is -1.06. The van der Waals surface area contributed by atoms with Gasteiger partial charge in [0, 0.05) is 6.54 Å². The summed E-state index contributed by atoms with van der Waals surface area (Å²) in [5.41, 5.74) is 4.95. The Bertz CT molecular complexity index is 395. The van der Waals surface area contributed by atoms with Crippen molar-refractivity contribution >= 4 is 0 Å². The molecule has 0 amide bonds. The fraction of sp³-hybridized carbons (Fsp3) is 0.538. The summed E-state index contributed by atoms with van der Waals surface area (Å²) in [5, 5.41) is 3.21. The van der Waals surface area contributed by atoms with E-state index in [2.05, 4.69) is 32.2 Å². The average Bonchev–Trinajstić information content (AvgIpc) is 2.77. The zero-order valence-corrected chi connectivity index (χ0v) is 10.4. The zero-order chi connectivity index (χ0) is 11.7. The van der Waals surface area contributed by atoms with Crippen LogP contribution >= 0.6 is 0 Å². The maximum Gasteiger partial charge on any atom is 0.124 e. The molecule has 2 rings (SSSR count). The second-order valence-electron chi connectivity index (χ2n) is 4.32. The first kappa shape index (κ1) is 11.4. The van der Waals surface area contributed by atoms with E-state index in [-0.39, 0.29) is 6.10 Å². The fourth-order valence-electron chi connectivity index (χ4n) is 2.35. The molecule has 0 saturated carbocycles. The summed E-state index contributed by atoms with van der Waals surface area (Å²) >= 11 is 0. The molecule has 1 N–H and O–H groups in total. The minimum absolute atomic E-state index is 0.184. The molecule has 1 unspecified atom stereocenters. The largest absolute Gasteiger partial charge is 0.496 e. The molecule has 0 aromatic heterocycles. The molecule has 0 bridgehead atoms. The van der Waals surface area contributed by atoms with Gasteiger partial charge < -0.3 is 9.47 Å². The number of nitrogens with one attached hydrogen (secondary N) is 1. The lowest BCUT2D eigenvalue weighted by atomic mass is 9.95. The van der Waals surface area contributed by atoms with E-state index in [1.54, 1.807) is 7.11 Å². The molecule has 0 aliphatic carbocycles. The topological polar surface area (TPSA) is 30.5 Å². The van der Waals surface area contributed by atoms with Crippen LogP contribution in [0.5, 0.6) is 5.75 Å². The first-order valence-corrected chi connectivity index (χ1v) is 5.62. The van der Waals surface area contributed by atoms with Crippen molar-refractivity contribution in [2.75, 3.05) is 20.4 Å². The molecule has 1 aliphatic rings. The summed E-state index contributed by atoms with van der Waals surface area (Å²) in [6, 6.07) is 2.18. The molecule has 3 heteroatoms. The maximum atomic E-state index is 5.65. The highest BCUT2D eigenvalue weighted by Gasteiger charge is 2.21. The lowest BCUT2D eigenvalue weighted by Gasteiger charge is -2.18. The summed E-state index contributed by atoms with van der Waals surface area (Å²) < 4.78 is 11.1. The molecule has 1 aromatic rings. The predicted molar refractivity (Wildman–Crippen MR) is 63.9 cm³/mol. The van der Waals surface area contributed by atoms with Gasteiger partial charge >= 0.3 is 0 Å². The number of methoxy groups -OCH3 is 1. The first-order chi connectivity index (χ1) is 7.65. The van der Waals surface area contributed by atoms with Crippen molar-refractivity contribution in [1.29, 1.82) is 0 Å². The van der Waals surface area contributed by atoms with Gasteiger partial charge in [0.2, 0.25) is 0 Å². The molecule has 1 atom stereocenters. The molecule has 1 fully saturated rings. The summed E-state index contributed by atoms with van der Waals surface area (Å²) in [6.45, 7) is 7.86. The van der Waals surface area contributed by atoms with Crippen LogP contribution in [0.2, 0.25) is 0 Å². The summed E-state index contributed by atoms with van der Waals surface area (Å²) in [6.07, 6.45) is 0.184. The van der Waals surface area contributed by atoms with Gasteiger partial charge in [-0.25, -0.2) is 0 Å². The maximum absolute atomic E-state index is 5.65. The predicted octanol–water partition coefficient (Wildman–Crippen LogP) is 2.24. The zero-order valence-electron chi connectivity index (χ0n) is 10.4. The summed E-state index contributed by atoms with van der Waals surface area (Å²) in [7, 11) is 1.72. The Morgan fingerprint density at radius 3 is 2.62 bits per heavy atom. The molecule has 1 heterocycles. The van der Waals surface area contributed by atoms with Gasteiger partial charge in [-0.1, -0.05) is 0 Å². The van der Waals surface area contributed by atoms with E-state index in [1.165, 1.54) is 22.3 Å². The second kappa shape index (κ2) is 4.44. The minimum atomic E-state index is 0.184. The number of hydrogen-bond acceptors (Lipinski definition) is 3. The Morgan fingerprint density at radius 1 is 1.31 bits per heavy atom. The van der Waals surface area contributed by atoms with Gasteiger partial charge in [-0.2, -0.15) is 0 Å². The Labute approximate surface area is 96.8 Å². The lowest BCUT2D eigenvalue weighted by Crippen LogP contribution is -2.10. The van der Waals surface area contributed by atoms with E-state index in [1.807, 2.05) is 0 Å². The van der Waals surface area contributed by atoms with Gasteiger partial charge in [0.1, 0.15) is 5.75 Å². The van der Waals surface area contributed by atoms with Gasteiger partial charge in [-0.05, 0) is 49.1 Å². The van der Waals surface area contributed by atoms with Crippen LogP contribution in [0.25, 0.3) is 0 Å². The molecule has 16 heavy (non-hydrogen) atoms. The molecule has 0 spiro atoms. The number of rotatable bonds is 2. The molecule has 1 aromatic carbocycles. The molecular weight excluding hydrogens is 202 g/mol. The van der Waals surface area contributed by atoms with Crippen molar-refractivity contribution < 1.29 is 9.47 Å². The molecule has 1 saturated heterocycles. The minimum Gasteiger partial charge on any atom is -0.496 e. The number of aryl methyl sites for hydroxylation is 1. The van der Waals surface area contributed by atoms with Crippen molar-refractivity contribution in [2.24, 2.45) is 0 Å². The summed E-state index contributed by atoms with van der Waals surface area (Å²) in [4.78, 5) is 0. The molecular formula is C13H19NO2. The van der Waals surface area contributed by atoms with Crippen molar-refractivity contribution in [2.45, 2.75) is 26.9 Å². The second-order valence-corrected chi connectivity index (χ2v) is 4.32. The van der Waals surface area contributed by atoms with Crippen LogP contribution in [0, 0.1) is 20.8 Å². The Kier molecular flexibility index (Phi) is 3.17. The molecule has 1 aliphatic heterocycles. The number of hydrogen-bond donors (Lipinski definition) is 1. The van der Waals surface area contributed by atoms with E-state index in [9.17, 15) is 0 Å². The SMILES string of the molecule is COc1c(C)cc(C2CNCO2)c(C)c1C. The van der Waals surface area contributed by atoms with Crippen LogP contribution in [-0.4, -0.2) is 20.4 Å². The van der Waals surface area contributed by atoms with Crippen molar-refractivity contribution in [3.8, 4) is 5.75 Å². The van der Waals surface area contributed by atoms with Crippen LogP contribution in [0.3, 0.4) is 0 Å². The average molecular weight is 221 g/mol. The van der Waals surface area contributed by atoms with E-state index in [4.69, 9.17) is 9.47 Å². The first-order valence-electron chi connectivity index (χ1n) is 5.62. The van der Waals surface area contributed by atoms with Crippen LogP contribution in [0.4, 0.5) is 0 Å². The monoisotopic (exact) mass is 221 g/mol. The van der Waals surface area contributed by atoms with Gasteiger partial charge in [0.15, 0.2) is 0 Å². The quantitative estimate of drug-likeness (QED) is 0.830. The molecule has 0 radical (unpaired) electrons. The third-order valence-electron chi connectivity index (χ3n) is 3.33. The van der Waals surface area contributed by atoms with Crippen LogP contribution in [0.15, 0.2) is 6.07 Å². The van der Waals surface area contributed by atoms with Crippen molar-refractivity contribution in [1.82, 2.24) is 5.32 Å². The fourth-order valence-corrected chi connectivity index (χ4v) is 2.35. The highest BCUT2D eigenvalue weighted by molar-refractivity contribution is 5.49. The Morgan fingerprint density at radius 2 is 2.06 bits per heavy atom. The van der Waals surface area contributed by atoms with Crippen LogP contribution < -0.4 is 10.1 Å². The van der Waals surface area contributed by atoms with Gasteiger partial charge in [0.25, 0.3) is 0 Å². The van der Waals surface area contributed by atoms with Crippen molar-refractivity contribution in [3.05, 3.63) is 28.3 Å². The standard InChI is InChI=1S/C13H19NO2/c1-8-5-11(12-6-14-7-16-12)9(2)10(3)13(8)15-4/h5,12,14H,6-7H2,1-4H3. The highest BCUT2D eigenvalue weighted by Crippen LogP contribution is 2.33.